The van der Waals surface area contributed by atoms with Crippen molar-refractivity contribution in [2.45, 2.75) is 24.9 Å². The molecule has 1 amide bonds. The number of amides is 1. The Morgan fingerprint density at radius 2 is 1.84 bits per heavy atom. The molecule has 1 aliphatic heterocycles. The molecule has 11 heteroatoms. The number of halogens is 4. The van der Waals surface area contributed by atoms with Gasteiger partial charge in [0.2, 0.25) is 11.7 Å². The second-order valence-corrected chi connectivity index (χ2v) is 7.40. The van der Waals surface area contributed by atoms with E-state index in [0.29, 0.717) is 30.0 Å². The van der Waals surface area contributed by atoms with Crippen LogP contribution in [0.4, 0.5) is 17.6 Å². The maximum atomic E-state index is 13.0. The number of rotatable bonds is 5. The van der Waals surface area contributed by atoms with E-state index in [1.807, 2.05) is 11.9 Å². The average Bonchev–Trinajstić information content (AvgIpc) is 3.34. The molecule has 1 aliphatic rings. The van der Waals surface area contributed by atoms with E-state index in [1.54, 1.807) is 0 Å². The average molecular weight is 450 g/mol. The van der Waals surface area contributed by atoms with Crippen LogP contribution in [0, 0.1) is 5.82 Å². The highest BCUT2D eigenvalue weighted by molar-refractivity contribution is 5.94. The van der Waals surface area contributed by atoms with Gasteiger partial charge >= 0.3 is 6.36 Å². The Kier molecular flexibility index (Phi) is 5.83. The Labute approximate surface area is 180 Å². The van der Waals surface area contributed by atoms with Crippen molar-refractivity contribution in [2.24, 2.45) is 0 Å². The fraction of sp³-hybridized carbons (Fsp3) is 0.286. The summed E-state index contributed by atoms with van der Waals surface area (Å²) < 4.78 is 59.1. The van der Waals surface area contributed by atoms with Crippen molar-refractivity contribution < 1.29 is 31.6 Å². The van der Waals surface area contributed by atoms with E-state index in [4.69, 9.17) is 4.52 Å². The molecule has 0 radical (unpaired) electrons. The largest absolute Gasteiger partial charge is 0.573 e. The van der Waals surface area contributed by atoms with Gasteiger partial charge in [0.15, 0.2) is 0 Å². The van der Waals surface area contributed by atoms with E-state index >= 15 is 0 Å². The quantitative estimate of drug-likeness (QED) is 0.593. The fourth-order valence-electron chi connectivity index (χ4n) is 3.56. The number of nitrogens with zero attached hydrogens (tertiary/aromatic N) is 3. The molecular weight excluding hydrogens is 432 g/mol. The van der Waals surface area contributed by atoms with Crippen LogP contribution in [-0.4, -0.2) is 46.9 Å². The van der Waals surface area contributed by atoms with Gasteiger partial charge in [-0.05, 0) is 62.0 Å². The van der Waals surface area contributed by atoms with Crippen molar-refractivity contribution in [3.05, 3.63) is 65.8 Å². The van der Waals surface area contributed by atoms with Crippen LogP contribution >= 0.6 is 0 Å². The van der Waals surface area contributed by atoms with Crippen molar-refractivity contribution in [3.8, 4) is 17.1 Å². The first-order valence-corrected chi connectivity index (χ1v) is 9.64. The van der Waals surface area contributed by atoms with Crippen molar-refractivity contribution in [1.29, 1.82) is 0 Å². The monoisotopic (exact) mass is 450 g/mol. The zero-order chi connectivity index (χ0) is 22.9. The van der Waals surface area contributed by atoms with Gasteiger partial charge < -0.3 is 14.6 Å². The van der Waals surface area contributed by atoms with Gasteiger partial charge in [0.1, 0.15) is 11.6 Å². The second-order valence-electron chi connectivity index (χ2n) is 7.40. The molecule has 0 saturated carbocycles. The maximum Gasteiger partial charge on any atom is 0.573 e. The van der Waals surface area contributed by atoms with Crippen molar-refractivity contribution in [3.63, 3.8) is 0 Å². The molecule has 1 fully saturated rings. The van der Waals surface area contributed by atoms with Crippen molar-refractivity contribution in [2.75, 3.05) is 13.6 Å². The highest BCUT2D eigenvalue weighted by Gasteiger charge is 2.35. The summed E-state index contributed by atoms with van der Waals surface area (Å²) in [7, 11) is 1.85. The van der Waals surface area contributed by atoms with E-state index in [9.17, 15) is 22.4 Å². The lowest BCUT2D eigenvalue weighted by atomic mass is 10.1. The van der Waals surface area contributed by atoms with Crippen LogP contribution in [-0.2, 0) is 0 Å². The number of likely N-dealkylation sites (tertiary alicyclic amines) is 1. The molecule has 0 bridgehead atoms. The normalized spacial score (nSPS) is 19.2. The summed E-state index contributed by atoms with van der Waals surface area (Å²) in [5, 5.41) is 6.82. The molecule has 2 aromatic carbocycles. The van der Waals surface area contributed by atoms with Crippen LogP contribution < -0.4 is 10.1 Å². The number of hydrogen-bond acceptors (Lipinski definition) is 6. The first-order valence-electron chi connectivity index (χ1n) is 9.64. The summed E-state index contributed by atoms with van der Waals surface area (Å²) >= 11 is 0. The summed E-state index contributed by atoms with van der Waals surface area (Å²) in [4.78, 5) is 18.7. The van der Waals surface area contributed by atoms with E-state index in [2.05, 4.69) is 20.2 Å². The number of benzene rings is 2. The molecule has 1 saturated heterocycles. The molecule has 168 valence electrons. The molecule has 3 aromatic rings. The number of nitrogens with one attached hydrogen (secondary N) is 1. The zero-order valence-corrected chi connectivity index (χ0v) is 16.8. The summed E-state index contributed by atoms with van der Waals surface area (Å²) in [5.74, 6) is -0.518. The smallest absolute Gasteiger partial charge is 0.406 e. The summed E-state index contributed by atoms with van der Waals surface area (Å²) in [5.41, 5.74) is 0.826. The zero-order valence-electron chi connectivity index (χ0n) is 16.8. The van der Waals surface area contributed by atoms with Crippen LogP contribution in [0.1, 0.15) is 28.7 Å². The minimum Gasteiger partial charge on any atom is -0.406 e. The van der Waals surface area contributed by atoms with Gasteiger partial charge in [0, 0.05) is 23.7 Å². The molecular formula is C21H18F4N4O3. The van der Waals surface area contributed by atoms with Crippen LogP contribution in [0.5, 0.6) is 5.75 Å². The van der Waals surface area contributed by atoms with Crippen LogP contribution in [0.2, 0.25) is 0 Å². The standard InChI is InChI=1S/C21H18F4N4O3/c1-29-11-15(26-19(30)13-2-6-14(22)7-3-13)10-17(29)20-27-18(28-32-20)12-4-8-16(9-5-12)31-21(23,24)25/h2-9,15,17H,10-11H2,1H3,(H,26,30)/t15-,17-/m0/s1. The predicted molar refractivity (Wildman–Crippen MR) is 104 cm³/mol. The number of ether oxygens (including phenoxy) is 1. The number of carbonyl (C=O) groups excluding carboxylic acids is 1. The third-order valence-corrected chi connectivity index (χ3v) is 5.06. The molecule has 2 heterocycles. The lowest BCUT2D eigenvalue weighted by molar-refractivity contribution is -0.274. The Balaban J connectivity index is 1.40. The van der Waals surface area contributed by atoms with Gasteiger partial charge in [-0.25, -0.2) is 4.39 Å². The van der Waals surface area contributed by atoms with E-state index in [1.165, 1.54) is 48.5 Å². The van der Waals surface area contributed by atoms with Gasteiger partial charge in [-0.2, -0.15) is 4.98 Å². The Morgan fingerprint density at radius 3 is 2.50 bits per heavy atom. The minimum atomic E-state index is -4.77. The Hall–Kier alpha value is -3.47. The second kappa shape index (κ2) is 8.58. The van der Waals surface area contributed by atoms with E-state index in [0.717, 1.165) is 0 Å². The maximum absolute atomic E-state index is 13.0. The molecule has 0 spiro atoms. The van der Waals surface area contributed by atoms with Crippen LogP contribution in [0.25, 0.3) is 11.4 Å². The van der Waals surface area contributed by atoms with Crippen LogP contribution in [0.3, 0.4) is 0 Å². The fourth-order valence-corrected chi connectivity index (χ4v) is 3.56. The van der Waals surface area contributed by atoms with Crippen molar-refractivity contribution >= 4 is 5.91 Å². The van der Waals surface area contributed by atoms with Crippen LogP contribution in [0.15, 0.2) is 53.1 Å². The lowest BCUT2D eigenvalue weighted by Gasteiger charge is -2.14. The number of alkyl halides is 3. The van der Waals surface area contributed by atoms with Gasteiger partial charge in [-0.15, -0.1) is 13.2 Å². The van der Waals surface area contributed by atoms with Gasteiger partial charge in [-0.3, -0.25) is 9.69 Å². The first-order chi connectivity index (χ1) is 15.2. The number of hydrogen-bond donors (Lipinski definition) is 1. The minimum absolute atomic E-state index is 0.184. The van der Waals surface area contributed by atoms with E-state index in [-0.39, 0.29) is 29.6 Å². The van der Waals surface area contributed by atoms with Gasteiger partial charge in [-0.1, -0.05) is 5.16 Å². The molecule has 4 rings (SSSR count). The third-order valence-electron chi connectivity index (χ3n) is 5.06. The number of likely N-dealkylation sites (N-methyl/N-ethyl adjacent to an activating group) is 1. The summed E-state index contributed by atoms with van der Waals surface area (Å²) in [6.07, 6.45) is -4.25. The molecule has 32 heavy (non-hydrogen) atoms. The SMILES string of the molecule is CN1C[C@@H](NC(=O)c2ccc(F)cc2)C[C@H]1c1nc(-c2ccc(OC(F)(F)F)cc2)no1. The highest BCUT2D eigenvalue weighted by Crippen LogP contribution is 2.32. The van der Waals surface area contributed by atoms with Crippen molar-refractivity contribution in [1.82, 2.24) is 20.4 Å². The third kappa shape index (κ3) is 5.05. The summed E-state index contributed by atoms with van der Waals surface area (Å²) in [6, 6.07) is 9.98. The van der Waals surface area contributed by atoms with Gasteiger partial charge in [0.05, 0.1) is 6.04 Å². The highest BCUT2D eigenvalue weighted by atomic mass is 19.4. The van der Waals surface area contributed by atoms with E-state index < -0.39 is 12.2 Å². The number of carbonyl (C=O) groups is 1. The lowest BCUT2D eigenvalue weighted by Crippen LogP contribution is -2.36. The summed E-state index contributed by atoms with van der Waals surface area (Å²) in [6.45, 7) is 0.540. The topological polar surface area (TPSA) is 80.5 Å². The number of aromatic nitrogens is 2. The molecule has 0 aliphatic carbocycles. The molecule has 1 N–H and O–H groups in total. The van der Waals surface area contributed by atoms with Gasteiger partial charge in [0.25, 0.3) is 5.91 Å². The predicted octanol–water partition coefficient (Wildman–Crippen LogP) is 3.95. The molecule has 7 nitrogen and oxygen atoms in total. The molecule has 0 unspecified atom stereocenters. The Morgan fingerprint density at radius 1 is 1.16 bits per heavy atom. The molecule has 1 aromatic heterocycles. The Bertz CT molecular complexity index is 1080. The molecule has 2 atom stereocenters. The first kappa shape index (κ1) is 21.8.